The molecule has 1 aliphatic rings. The predicted octanol–water partition coefficient (Wildman–Crippen LogP) is 2.56. The second-order valence-electron chi connectivity index (χ2n) is 4.79. The Bertz CT molecular complexity index is 551. The second kappa shape index (κ2) is 4.86. The maximum absolute atomic E-state index is 4.51. The molecule has 0 spiro atoms. The van der Waals surface area contributed by atoms with Crippen LogP contribution in [0.4, 0.5) is 0 Å². The molecule has 3 heteroatoms. The topological polar surface area (TPSA) is 37.8 Å². The molecule has 0 radical (unpaired) electrons. The van der Waals surface area contributed by atoms with Crippen molar-refractivity contribution in [3.8, 4) is 0 Å². The van der Waals surface area contributed by atoms with Crippen molar-refractivity contribution < 1.29 is 0 Å². The van der Waals surface area contributed by atoms with E-state index in [1.807, 2.05) is 25.3 Å². The SMILES string of the molecule is Cc1cccc(CNC2CCc3cccnc32)n1. The van der Waals surface area contributed by atoms with E-state index < -0.39 is 0 Å². The normalized spacial score (nSPS) is 17.7. The highest BCUT2D eigenvalue weighted by atomic mass is 15.0. The molecule has 1 unspecified atom stereocenters. The van der Waals surface area contributed by atoms with E-state index in [1.165, 1.54) is 11.3 Å². The Morgan fingerprint density at radius 2 is 2.22 bits per heavy atom. The molecule has 0 saturated carbocycles. The molecule has 3 nitrogen and oxygen atoms in total. The number of nitrogens with one attached hydrogen (secondary N) is 1. The molecule has 0 aliphatic heterocycles. The van der Waals surface area contributed by atoms with Gasteiger partial charge in [-0.25, -0.2) is 0 Å². The van der Waals surface area contributed by atoms with Crippen molar-refractivity contribution in [1.82, 2.24) is 15.3 Å². The standard InChI is InChI=1S/C15H17N3/c1-11-4-2-6-13(18-11)10-17-14-8-7-12-5-3-9-16-15(12)14/h2-6,9,14,17H,7-8,10H2,1H3. The van der Waals surface area contributed by atoms with E-state index in [9.17, 15) is 0 Å². The van der Waals surface area contributed by atoms with Gasteiger partial charge in [0.2, 0.25) is 0 Å². The Hall–Kier alpha value is -1.74. The summed E-state index contributed by atoms with van der Waals surface area (Å²) in [4.78, 5) is 8.99. The fourth-order valence-corrected chi connectivity index (χ4v) is 2.54. The fourth-order valence-electron chi connectivity index (χ4n) is 2.54. The molecule has 2 heterocycles. The smallest absolute Gasteiger partial charge is 0.0605 e. The highest BCUT2D eigenvalue weighted by Crippen LogP contribution is 2.28. The van der Waals surface area contributed by atoms with E-state index in [-0.39, 0.29) is 0 Å². The zero-order valence-electron chi connectivity index (χ0n) is 10.6. The number of aromatic nitrogens is 2. The van der Waals surface area contributed by atoms with Gasteiger partial charge in [-0.15, -0.1) is 0 Å². The molecular formula is C15H17N3. The summed E-state index contributed by atoms with van der Waals surface area (Å²) in [5.74, 6) is 0. The van der Waals surface area contributed by atoms with E-state index in [0.717, 1.165) is 30.8 Å². The third kappa shape index (κ3) is 2.27. The first-order valence-corrected chi connectivity index (χ1v) is 6.42. The minimum absolute atomic E-state index is 0.378. The van der Waals surface area contributed by atoms with Crippen molar-refractivity contribution in [2.75, 3.05) is 0 Å². The van der Waals surface area contributed by atoms with Crippen molar-refractivity contribution in [3.05, 3.63) is 59.2 Å². The summed E-state index contributed by atoms with van der Waals surface area (Å²) in [5.41, 5.74) is 4.76. The van der Waals surface area contributed by atoms with Gasteiger partial charge in [0.15, 0.2) is 0 Å². The van der Waals surface area contributed by atoms with E-state index >= 15 is 0 Å². The first-order valence-electron chi connectivity index (χ1n) is 6.42. The van der Waals surface area contributed by atoms with Gasteiger partial charge < -0.3 is 5.32 Å². The Kier molecular flexibility index (Phi) is 3.07. The number of hydrogen-bond donors (Lipinski definition) is 1. The van der Waals surface area contributed by atoms with Crippen LogP contribution in [0.15, 0.2) is 36.5 Å². The van der Waals surface area contributed by atoms with Crippen LogP contribution in [-0.2, 0) is 13.0 Å². The lowest BCUT2D eigenvalue weighted by Gasteiger charge is -2.12. The highest BCUT2D eigenvalue weighted by molar-refractivity contribution is 5.28. The van der Waals surface area contributed by atoms with Gasteiger partial charge in [0.25, 0.3) is 0 Å². The molecule has 0 aromatic carbocycles. The number of nitrogens with zero attached hydrogens (tertiary/aromatic N) is 2. The van der Waals surface area contributed by atoms with Gasteiger partial charge >= 0.3 is 0 Å². The molecule has 0 amide bonds. The van der Waals surface area contributed by atoms with Crippen LogP contribution >= 0.6 is 0 Å². The maximum Gasteiger partial charge on any atom is 0.0605 e. The van der Waals surface area contributed by atoms with Crippen LogP contribution in [0.1, 0.15) is 35.1 Å². The van der Waals surface area contributed by atoms with Crippen LogP contribution in [0.5, 0.6) is 0 Å². The lowest BCUT2D eigenvalue weighted by Crippen LogP contribution is -2.20. The van der Waals surface area contributed by atoms with Crippen LogP contribution in [-0.4, -0.2) is 9.97 Å². The maximum atomic E-state index is 4.51. The number of rotatable bonds is 3. The Morgan fingerprint density at radius 3 is 3.11 bits per heavy atom. The summed E-state index contributed by atoms with van der Waals surface area (Å²) in [6.45, 7) is 2.83. The van der Waals surface area contributed by atoms with Crippen molar-refractivity contribution in [2.24, 2.45) is 0 Å². The number of hydrogen-bond acceptors (Lipinski definition) is 3. The Morgan fingerprint density at radius 1 is 1.28 bits per heavy atom. The molecule has 18 heavy (non-hydrogen) atoms. The summed E-state index contributed by atoms with van der Waals surface area (Å²) in [5, 5.41) is 3.56. The molecule has 1 atom stereocenters. The van der Waals surface area contributed by atoms with Crippen LogP contribution in [0.25, 0.3) is 0 Å². The summed E-state index contributed by atoms with van der Waals surface area (Å²) >= 11 is 0. The number of aryl methyl sites for hydroxylation is 2. The molecule has 0 saturated heterocycles. The average Bonchev–Trinajstić information content (AvgIpc) is 2.80. The quantitative estimate of drug-likeness (QED) is 0.894. The zero-order chi connectivity index (χ0) is 12.4. The van der Waals surface area contributed by atoms with E-state index in [1.54, 1.807) is 0 Å². The molecule has 3 rings (SSSR count). The lowest BCUT2D eigenvalue weighted by atomic mass is 10.2. The van der Waals surface area contributed by atoms with Gasteiger partial charge in [-0.3, -0.25) is 9.97 Å². The van der Waals surface area contributed by atoms with Gasteiger partial charge in [0.05, 0.1) is 17.4 Å². The first-order chi connectivity index (χ1) is 8.83. The van der Waals surface area contributed by atoms with E-state index in [2.05, 4.69) is 33.5 Å². The van der Waals surface area contributed by atoms with Gasteiger partial charge in [-0.05, 0) is 43.5 Å². The van der Waals surface area contributed by atoms with Crippen LogP contribution in [0.3, 0.4) is 0 Å². The van der Waals surface area contributed by atoms with E-state index in [4.69, 9.17) is 0 Å². The van der Waals surface area contributed by atoms with Crippen LogP contribution < -0.4 is 5.32 Å². The fraction of sp³-hybridized carbons (Fsp3) is 0.333. The van der Waals surface area contributed by atoms with Crippen molar-refractivity contribution in [2.45, 2.75) is 32.4 Å². The second-order valence-corrected chi connectivity index (χ2v) is 4.79. The molecule has 92 valence electrons. The third-order valence-electron chi connectivity index (χ3n) is 3.43. The molecule has 2 aromatic rings. The van der Waals surface area contributed by atoms with Crippen LogP contribution in [0, 0.1) is 6.92 Å². The van der Waals surface area contributed by atoms with Gasteiger partial charge in [-0.1, -0.05) is 12.1 Å². The average molecular weight is 239 g/mol. The lowest BCUT2D eigenvalue weighted by molar-refractivity contribution is 0.516. The van der Waals surface area contributed by atoms with Crippen molar-refractivity contribution >= 4 is 0 Å². The monoisotopic (exact) mass is 239 g/mol. The van der Waals surface area contributed by atoms with E-state index in [0.29, 0.717) is 6.04 Å². The molecule has 1 aliphatic carbocycles. The number of pyridine rings is 2. The molecule has 2 aromatic heterocycles. The summed E-state index contributed by atoms with van der Waals surface area (Å²) in [7, 11) is 0. The molecular weight excluding hydrogens is 222 g/mol. The number of fused-ring (bicyclic) bond motifs is 1. The zero-order valence-corrected chi connectivity index (χ0v) is 10.6. The first kappa shape index (κ1) is 11.4. The molecule has 0 fully saturated rings. The van der Waals surface area contributed by atoms with Crippen LogP contribution in [0.2, 0.25) is 0 Å². The summed E-state index contributed by atoms with van der Waals surface area (Å²) < 4.78 is 0. The summed E-state index contributed by atoms with van der Waals surface area (Å²) in [6.07, 6.45) is 4.14. The van der Waals surface area contributed by atoms with Gasteiger partial charge in [0, 0.05) is 18.4 Å². The largest absolute Gasteiger partial charge is 0.303 e. The summed E-state index contributed by atoms with van der Waals surface area (Å²) in [6, 6.07) is 10.7. The molecule has 1 N–H and O–H groups in total. The predicted molar refractivity (Wildman–Crippen MR) is 71.1 cm³/mol. The minimum Gasteiger partial charge on any atom is -0.303 e. The molecule has 0 bridgehead atoms. The van der Waals surface area contributed by atoms with Crippen molar-refractivity contribution in [3.63, 3.8) is 0 Å². The highest BCUT2D eigenvalue weighted by Gasteiger charge is 2.22. The van der Waals surface area contributed by atoms with Crippen molar-refractivity contribution in [1.29, 1.82) is 0 Å². The Labute approximate surface area is 107 Å². The third-order valence-corrected chi connectivity index (χ3v) is 3.43. The van der Waals surface area contributed by atoms with Gasteiger partial charge in [-0.2, -0.15) is 0 Å². The Balaban J connectivity index is 1.69. The van der Waals surface area contributed by atoms with Gasteiger partial charge in [0.1, 0.15) is 0 Å². The minimum atomic E-state index is 0.378.